The first-order chi connectivity index (χ1) is 14.4. The number of aromatic hydroxyl groups is 1. The maximum absolute atomic E-state index is 13.4. The lowest BCUT2D eigenvalue weighted by molar-refractivity contribution is -0.178. The molecule has 0 amide bonds. The van der Waals surface area contributed by atoms with Crippen LogP contribution in [0.15, 0.2) is 34.7 Å². The van der Waals surface area contributed by atoms with Crippen LogP contribution < -0.4 is 0 Å². The van der Waals surface area contributed by atoms with Gasteiger partial charge in [0.05, 0.1) is 17.8 Å². The number of ether oxygens (including phenoxy) is 1. The molecule has 160 valence electrons. The summed E-state index contributed by atoms with van der Waals surface area (Å²) in [6.07, 6.45) is -2.06. The average molecular weight is 475 g/mol. The Morgan fingerprint density at radius 3 is 2.73 bits per heavy atom. The summed E-state index contributed by atoms with van der Waals surface area (Å²) in [4.78, 5) is 4.45. The normalized spacial score (nSPS) is 26.8. The molecule has 30 heavy (non-hydrogen) atoms. The van der Waals surface area contributed by atoms with Crippen LogP contribution in [-0.2, 0) is 4.74 Å². The minimum absolute atomic E-state index is 0.0759. The lowest BCUT2D eigenvalue weighted by Crippen LogP contribution is -2.55. The molecule has 5 unspecified atom stereocenters. The first kappa shape index (κ1) is 21.4. The zero-order chi connectivity index (χ0) is 21.4. The number of aliphatic hydroxyl groups is 3. The zero-order valence-corrected chi connectivity index (χ0v) is 17.4. The third kappa shape index (κ3) is 4.17. The maximum atomic E-state index is 13.4. The number of nitrogens with zero attached hydrogens (tertiary/aromatic N) is 4. The van der Waals surface area contributed by atoms with E-state index in [9.17, 15) is 24.8 Å². The summed E-state index contributed by atoms with van der Waals surface area (Å²) < 4.78 is 20.3. The second kappa shape index (κ2) is 8.75. The Morgan fingerprint density at radius 2 is 2.07 bits per heavy atom. The molecule has 1 saturated heterocycles. The van der Waals surface area contributed by atoms with E-state index in [0.717, 1.165) is 23.1 Å². The number of aromatic nitrogens is 4. The van der Waals surface area contributed by atoms with Crippen LogP contribution in [0.1, 0.15) is 6.04 Å². The molecule has 0 bridgehead atoms. The largest absolute Gasteiger partial charge is 0.486 e. The van der Waals surface area contributed by atoms with E-state index < -0.39 is 42.2 Å². The molecular weight excluding hydrogens is 459 g/mol. The van der Waals surface area contributed by atoms with E-state index in [1.807, 2.05) is 0 Å². The summed E-state index contributed by atoms with van der Waals surface area (Å²) in [5.74, 6) is -0.573. The predicted molar refractivity (Wildman–Crippen MR) is 107 cm³/mol. The first-order valence-corrected chi connectivity index (χ1v) is 10.8. The van der Waals surface area contributed by atoms with Crippen molar-refractivity contribution in [3.05, 3.63) is 40.6 Å². The summed E-state index contributed by atoms with van der Waals surface area (Å²) >= 11 is 7.92. The van der Waals surface area contributed by atoms with Crippen molar-refractivity contribution >= 4 is 34.7 Å². The Hall–Kier alpha value is -1.80. The lowest BCUT2D eigenvalue weighted by atomic mass is 9.97. The topological polar surface area (TPSA) is 134 Å². The second-order valence-electron chi connectivity index (χ2n) is 6.49. The smallest absolute Gasteiger partial charge is 0.271 e. The van der Waals surface area contributed by atoms with Gasteiger partial charge in [-0.05, 0) is 18.2 Å². The van der Waals surface area contributed by atoms with Crippen LogP contribution >= 0.6 is 34.7 Å². The molecule has 0 radical (unpaired) electrons. The number of hydrogen-bond donors (Lipinski definition) is 4. The van der Waals surface area contributed by atoms with Crippen LogP contribution in [0.2, 0.25) is 5.02 Å². The van der Waals surface area contributed by atoms with Gasteiger partial charge >= 0.3 is 0 Å². The zero-order valence-electron chi connectivity index (χ0n) is 15.0. The number of halogens is 2. The van der Waals surface area contributed by atoms with Gasteiger partial charge in [0.1, 0.15) is 47.0 Å². The molecule has 5 atom stereocenters. The van der Waals surface area contributed by atoms with Gasteiger partial charge < -0.3 is 25.2 Å². The van der Waals surface area contributed by atoms with Gasteiger partial charge in [0, 0.05) is 10.3 Å². The molecule has 0 saturated carbocycles. The minimum atomic E-state index is -1.28. The predicted octanol–water partition coefficient (Wildman–Crippen LogP) is 1.67. The molecule has 13 heteroatoms. The fraction of sp³-hybridized carbons (Fsp3) is 0.353. The van der Waals surface area contributed by atoms with Crippen LogP contribution in [-0.4, -0.2) is 70.8 Å². The van der Waals surface area contributed by atoms with Crippen LogP contribution in [0.5, 0.6) is 5.19 Å². The van der Waals surface area contributed by atoms with Crippen molar-refractivity contribution in [2.45, 2.75) is 34.7 Å². The second-order valence-corrected chi connectivity index (χ2v) is 8.91. The van der Waals surface area contributed by atoms with Crippen molar-refractivity contribution in [3.8, 4) is 16.6 Å². The van der Waals surface area contributed by atoms with Gasteiger partial charge in [-0.1, -0.05) is 39.9 Å². The average Bonchev–Trinajstić information content (AvgIpc) is 3.36. The van der Waals surface area contributed by atoms with Crippen LogP contribution in [0.3, 0.4) is 0 Å². The Balaban J connectivity index is 1.61. The minimum Gasteiger partial charge on any atom is -0.486 e. The molecular formula is C17H16ClFN4O5S2. The fourth-order valence-electron chi connectivity index (χ4n) is 3.08. The van der Waals surface area contributed by atoms with Crippen LogP contribution in [0, 0.1) is 5.82 Å². The van der Waals surface area contributed by atoms with Crippen molar-refractivity contribution in [1.82, 2.24) is 20.0 Å². The van der Waals surface area contributed by atoms with Crippen molar-refractivity contribution in [2.75, 3.05) is 6.61 Å². The first-order valence-electron chi connectivity index (χ1n) is 8.68. The number of rotatable bonds is 5. The Labute approximate surface area is 182 Å². The molecule has 1 aliphatic heterocycles. The molecule has 2 aromatic heterocycles. The van der Waals surface area contributed by atoms with Crippen LogP contribution in [0.4, 0.5) is 4.39 Å². The van der Waals surface area contributed by atoms with Gasteiger partial charge in [-0.3, -0.25) is 0 Å². The van der Waals surface area contributed by atoms with Crippen molar-refractivity contribution in [1.29, 1.82) is 0 Å². The third-order valence-electron chi connectivity index (χ3n) is 4.56. The monoisotopic (exact) mass is 474 g/mol. The Kier molecular flexibility index (Phi) is 6.25. The Bertz CT molecular complexity index is 1040. The van der Waals surface area contributed by atoms with Crippen molar-refractivity contribution < 1.29 is 29.6 Å². The van der Waals surface area contributed by atoms with E-state index in [1.54, 1.807) is 5.38 Å². The van der Waals surface area contributed by atoms with E-state index in [1.165, 1.54) is 29.1 Å². The summed E-state index contributed by atoms with van der Waals surface area (Å²) in [5, 5.41) is 49.9. The Morgan fingerprint density at radius 1 is 1.27 bits per heavy atom. The van der Waals surface area contributed by atoms with Crippen molar-refractivity contribution in [3.63, 3.8) is 0 Å². The summed E-state index contributed by atoms with van der Waals surface area (Å²) in [6.45, 7) is -0.493. The van der Waals surface area contributed by atoms with Gasteiger partial charge in [-0.15, -0.1) is 5.10 Å². The van der Waals surface area contributed by atoms with E-state index in [-0.39, 0.29) is 10.2 Å². The number of thiazole rings is 1. The van der Waals surface area contributed by atoms with Gasteiger partial charge in [0.15, 0.2) is 0 Å². The molecule has 3 aromatic rings. The highest BCUT2D eigenvalue weighted by molar-refractivity contribution is 7.99. The van der Waals surface area contributed by atoms with E-state index in [4.69, 9.17) is 16.3 Å². The molecule has 4 N–H and O–H groups in total. The summed E-state index contributed by atoms with van der Waals surface area (Å²) in [5.41, 5.74) is -0.175. The lowest BCUT2D eigenvalue weighted by Gasteiger charge is -2.41. The number of hydrogen-bond acceptors (Lipinski definition) is 10. The van der Waals surface area contributed by atoms with E-state index in [2.05, 4.69) is 15.3 Å². The number of aliphatic hydroxyl groups excluding tert-OH is 3. The third-order valence-corrected chi connectivity index (χ3v) is 6.64. The molecule has 0 aliphatic carbocycles. The van der Waals surface area contributed by atoms with Gasteiger partial charge in [-0.2, -0.15) is 0 Å². The summed E-state index contributed by atoms with van der Waals surface area (Å²) in [6, 6.07) is 3.09. The highest BCUT2D eigenvalue weighted by Crippen LogP contribution is 2.39. The molecule has 1 aliphatic rings. The quantitative estimate of drug-likeness (QED) is 0.435. The fourth-order valence-corrected chi connectivity index (χ4v) is 4.97. The van der Waals surface area contributed by atoms with Gasteiger partial charge in [0.2, 0.25) is 0 Å². The van der Waals surface area contributed by atoms with Crippen LogP contribution in [0.25, 0.3) is 11.4 Å². The van der Waals surface area contributed by atoms with E-state index in [0.29, 0.717) is 16.3 Å². The number of benzene rings is 1. The molecule has 1 aromatic carbocycles. The van der Waals surface area contributed by atoms with Gasteiger partial charge in [0.25, 0.3) is 5.19 Å². The molecule has 9 nitrogen and oxygen atoms in total. The number of thioether (sulfide) groups is 1. The van der Waals surface area contributed by atoms with Crippen molar-refractivity contribution in [2.24, 2.45) is 0 Å². The molecule has 0 spiro atoms. The van der Waals surface area contributed by atoms with E-state index >= 15 is 0 Å². The molecule has 3 heterocycles. The molecule has 4 rings (SSSR count). The molecule has 1 fully saturated rings. The highest BCUT2D eigenvalue weighted by atomic mass is 35.5. The van der Waals surface area contributed by atoms with Gasteiger partial charge in [-0.25, -0.2) is 14.1 Å². The highest BCUT2D eigenvalue weighted by Gasteiger charge is 2.46. The SMILES string of the molecule is OCC1OC(Sc2ccc(F)c(Cl)c2)C(O)C(n2cc(-c3csc(O)n3)nn2)C1O. The summed E-state index contributed by atoms with van der Waals surface area (Å²) in [7, 11) is 0. The standard InChI is InChI=1S/C17H16ClFN4O5S2/c18-8-3-7(1-2-9(8)19)30-16-15(26)13(14(25)12(5-24)28-16)23-4-10(21-22-23)11-6-29-17(27)20-11/h1-4,6,12-16,24-26H,5H2,(H,20,27). The maximum Gasteiger partial charge on any atom is 0.271 e.